The second-order valence-electron chi connectivity index (χ2n) is 6.44. The molecule has 0 fully saturated rings. The van der Waals surface area contributed by atoms with E-state index in [-0.39, 0.29) is 5.91 Å². The van der Waals surface area contributed by atoms with Gasteiger partial charge >= 0.3 is 0 Å². The molecule has 0 unspecified atom stereocenters. The predicted octanol–water partition coefficient (Wildman–Crippen LogP) is 4.51. The minimum absolute atomic E-state index is 0.0760. The SMILES string of the molecule is COc1cccc(NC(=O)[C@@H](c2ccccc2)N(C)Cc2ccccc2)c1. The summed E-state index contributed by atoms with van der Waals surface area (Å²) in [5.41, 5.74) is 2.83. The molecular formula is C23H24N2O2. The fourth-order valence-corrected chi connectivity index (χ4v) is 3.12. The van der Waals surface area contributed by atoms with E-state index >= 15 is 0 Å². The summed E-state index contributed by atoms with van der Waals surface area (Å²) in [5, 5.41) is 3.02. The second kappa shape index (κ2) is 9.01. The molecule has 3 rings (SSSR count). The van der Waals surface area contributed by atoms with Crippen LogP contribution in [0.15, 0.2) is 84.9 Å². The molecule has 0 radical (unpaired) electrons. The number of likely N-dealkylation sites (N-methyl/N-ethyl adjacent to an activating group) is 1. The first-order valence-corrected chi connectivity index (χ1v) is 8.91. The number of amides is 1. The van der Waals surface area contributed by atoms with Crippen LogP contribution in [-0.4, -0.2) is 25.0 Å². The van der Waals surface area contributed by atoms with Crippen LogP contribution in [0.25, 0.3) is 0 Å². The first-order valence-electron chi connectivity index (χ1n) is 8.91. The molecule has 4 nitrogen and oxygen atoms in total. The number of carbonyl (C=O) groups is 1. The molecule has 27 heavy (non-hydrogen) atoms. The summed E-state index contributed by atoms with van der Waals surface area (Å²) >= 11 is 0. The maximum Gasteiger partial charge on any atom is 0.246 e. The zero-order chi connectivity index (χ0) is 19.1. The first kappa shape index (κ1) is 18.7. The summed E-state index contributed by atoms with van der Waals surface area (Å²) in [7, 11) is 3.58. The number of ether oxygens (including phenoxy) is 1. The molecule has 1 atom stereocenters. The van der Waals surface area contributed by atoms with Crippen molar-refractivity contribution in [3.8, 4) is 5.75 Å². The van der Waals surface area contributed by atoms with E-state index in [0.29, 0.717) is 18.0 Å². The third-order valence-corrected chi connectivity index (χ3v) is 4.42. The highest BCUT2D eigenvalue weighted by atomic mass is 16.5. The van der Waals surface area contributed by atoms with Crippen LogP contribution in [0.3, 0.4) is 0 Å². The molecule has 4 heteroatoms. The van der Waals surface area contributed by atoms with Crippen molar-refractivity contribution in [2.45, 2.75) is 12.6 Å². The molecule has 0 aromatic heterocycles. The number of hydrogen-bond donors (Lipinski definition) is 1. The van der Waals surface area contributed by atoms with Gasteiger partial charge in [-0.2, -0.15) is 0 Å². The zero-order valence-electron chi connectivity index (χ0n) is 15.6. The number of nitrogens with zero attached hydrogens (tertiary/aromatic N) is 1. The Morgan fingerprint density at radius 1 is 0.963 bits per heavy atom. The van der Waals surface area contributed by atoms with E-state index in [4.69, 9.17) is 4.74 Å². The van der Waals surface area contributed by atoms with Gasteiger partial charge in [-0.3, -0.25) is 9.69 Å². The van der Waals surface area contributed by atoms with Crippen LogP contribution in [0.4, 0.5) is 5.69 Å². The molecule has 0 heterocycles. The fraction of sp³-hybridized carbons (Fsp3) is 0.174. The Labute approximate surface area is 160 Å². The van der Waals surface area contributed by atoms with Crippen molar-refractivity contribution in [1.82, 2.24) is 4.90 Å². The Morgan fingerprint density at radius 3 is 2.30 bits per heavy atom. The summed E-state index contributed by atoms with van der Waals surface area (Å²) in [6, 6.07) is 27.0. The van der Waals surface area contributed by atoms with Crippen LogP contribution in [0.1, 0.15) is 17.2 Å². The minimum atomic E-state index is -0.405. The zero-order valence-corrected chi connectivity index (χ0v) is 15.6. The van der Waals surface area contributed by atoms with E-state index in [9.17, 15) is 4.79 Å². The van der Waals surface area contributed by atoms with Crippen molar-refractivity contribution in [3.63, 3.8) is 0 Å². The van der Waals surface area contributed by atoms with Gasteiger partial charge in [-0.15, -0.1) is 0 Å². The molecule has 0 saturated carbocycles. The lowest BCUT2D eigenvalue weighted by molar-refractivity contribution is -0.121. The lowest BCUT2D eigenvalue weighted by Crippen LogP contribution is -2.34. The van der Waals surface area contributed by atoms with Crippen LogP contribution in [0, 0.1) is 0 Å². The van der Waals surface area contributed by atoms with Crippen LogP contribution in [0.2, 0.25) is 0 Å². The highest BCUT2D eigenvalue weighted by Crippen LogP contribution is 2.24. The van der Waals surface area contributed by atoms with Crippen molar-refractivity contribution in [1.29, 1.82) is 0 Å². The van der Waals surface area contributed by atoms with Gasteiger partial charge in [0.1, 0.15) is 11.8 Å². The number of carbonyl (C=O) groups excluding carboxylic acids is 1. The van der Waals surface area contributed by atoms with Crippen molar-refractivity contribution in [2.24, 2.45) is 0 Å². The van der Waals surface area contributed by atoms with Gasteiger partial charge in [0.05, 0.1) is 7.11 Å². The number of nitrogens with one attached hydrogen (secondary N) is 1. The van der Waals surface area contributed by atoms with Crippen molar-refractivity contribution < 1.29 is 9.53 Å². The molecule has 0 saturated heterocycles. The van der Waals surface area contributed by atoms with Crippen LogP contribution in [-0.2, 0) is 11.3 Å². The standard InChI is InChI=1S/C23H24N2O2/c1-25(17-18-10-5-3-6-11-18)22(19-12-7-4-8-13-19)23(26)24-20-14-9-15-21(16-20)27-2/h3-16,22H,17H2,1-2H3,(H,24,26)/t22-/m1/s1. The lowest BCUT2D eigenvalue weighted by Gasteiger charge is -2.27. The first-order chi connectivity index (χ1) is 13.2. The summed E-state index contributed by atoms with van der Waals surface area (Å²) in [4.78, 5) is 15.2. The average molecular weight is 360 g/mol. The topological polar surface area (TPSA) is 41.6 Å². The minimum Gasteiger partial charge on any atom is -0.497 e. The van der Waals surface area contributed by atoms with E-state index < -0.39 is 6.04 Å². The highest BCUT2D eigenvalue weighted by molar-refractivity contribution is 5.95. The lowest BCUT2D eigenvalue weighted by atomic mass is 10.0. The Kier molecular flexibility index (Phi) is 6.23. The molecule has 1 amide bonds. The Morgan fingerprint density at radius 2 is 1.63 bits per heavy atom. The normalized spacial score (nSPS) is 11.8. The average Bonchev–Trinajstić information content (AvgIpc) is 2.70. The Hall–Kier alpha value is -3.11. The van der Waals surface area contributed by atoms with E-state index in [1.165, 1.54) is 0 Å². The van der Waals surface area contributed by atoms with Gasteiger partial charge < -0.3 is 10.1 Å². The van der Waals surface area contributed by atoms with E-state index in [2.05, 4.69) is 22.3 Å². The van der Waals surface area contributed by atoms with Crippen LogP contribution >= 0.6 is 0 Å². The maximum atomic E-state index is 13.2. The predicted molar refractivity (Wildman–Crippen MR) is 109 cm³/mol. The number of rotatable bonds is 7. The number of anilines is 1. The number of hydrogen-bond acceptors (Lipinski definition) is 3. The summed E-state index contributed by atoms with van der Waals surface area (Å²) < 4.78 is 5.25. The summed E-state index contributed by atoms with van der Waals surface area (Å²) in [6.45, 7) is 0.673. The molecular weight excluding hydrogens is 336 g/mol. The Balaban J connectivity index is 1.84. The number of benzene rings is 3. The van der Waals surface area contributed by atoms with Gasteiger partial charge in [-0.1, -0.05) is 66.7 Å². The van der Waals surface area contributed by atoms with Crippen molar-refractivity contribution in [2.75, 3.05) is 19.5 Å². The van der Waals surface area contributed by atoms with Crippen LogP contribution in [0.5, 0.6) is 5.75 Å². The summed E-state index contributed by atoms with van der Waals surface area (Å²) in [6.07, 6.45) is 0. The van der Waals surface area contributed by atoms with E-state index in [1.54, 1.807) is 7.11 Å². The second-order valence-corrected chi connectivity index (χ2v) is 6.44. The molecule has 3 aromatic carbocycles. The summed E-state index contributed by atoms with van der Waals surface area (Å²) in [5.74, 6) is 0.634. The molecule has 138 valence electrons. The van der Waals surface area contributed by atoms with Gasteiger partial charge in [0, 0.05) is 18.3 Å². The van der Waals surface area contributed by atoms with Crippen molar-refractivity contribution >= 4 is 11.6 Å². The molecule has 0 bridgehead atoms. The molecule has 0 aliphatic carbocycles. The van der Waals surface area contributed by atoms with Gasteiger partial charge in [0.2, 0.25) is 5.91 Å². The molecule has 0 aliphatic rings. The van der Waals surface area contributed by atoms with Crippen molar-refractivity contribution in [3.05, 3.63) is 96.1 Å². The maximum absolute atomic E-state index is 13.2. The quantitative estimate of drug-likeness (QED) is 0.674. The monoisotopic (exact) mass is 360 g/mol. The van der Waals surface area contributed by atoms with Gasteiger partial charge in [0.15, 0.2) is 0 Å². The molecule has 1 N–H and O–H groups in total. The third kappa shape index (κ3) is 4.96. The number of methoxy groups -OCH3 is 1. The largest absolute Gasteiger partial charge is 0.497 e. The van der Waals surface area contributed by atoms with Gasteiger partial charge in [-0.25, -0.2) is 0 Å². The van der Waals surface area contributed by atoms with Crippen LogP contribution < -0.4 is 10.1 Å². The van der Waals surface area contributed by atoms with Gasteiger partial charge in [0.25, 0.3) is 0 Å². The smallest absolute Gasteiger partial charge is 0.246 e. The molecule has 0 aliphatic heterocycles. The van der Waals surface area contributed by atoms with E-state index in [0.717, 1.165) is 11.1 Å². The third-order valence-electron chi connectivity index (χ3n) is 4.42. The Bertz CT molecular complexity index is 866. The van der Waals surface area contributed by atoms with Gasteiger partial charge in [-0.05, 0) is 30.3 Å². The molecule has 0 spiro atoms. The van der Waals surface area contributed by atoms with E-state index in [1.807, 2.05) is 79.8 Å². The highest BCUT2D eigenvalue weighted by Gasteiger charge is 2.25. The fourth-order valence-electron chi connectivity index (χ4n) is 3.12. The molecule has 3 aromatic rings.